The number of aromatic amines is 1. The molecule has 0 amide bonds. The van der Waals surface area contributed by atoms with Gasteiger partial charge in [0.25, 0.3) is 0 Å². The molecule has 2 fully saturated rings. The van der Waals surface area contributed by atoms with Crippen molar-refractivity contribution in [2.24, 2.45) is 11.8 Å². The lowest BCUT2D eigenvalue weighted by Gasteiger charge is -2.30. The van der Waals surface area contributed by atoms with Gasteiger partial charge in [-0.1, -0.05) is 0 Å². The van der Waals surface area contributed by atoms with E-state index in [9.17, 15) is 5.26 Å². The lowest BCUT2D eigenvalue weighted by molar-refractivity contribution is 0.199. The quantitative estimate of drug-likeness (QED) is 0.757. The number of H-pyrrole nitrogens is 1. The maximum Gasteiger partial charge on any atom is 0.141 e. The van der Waals surface area contributed by atoms with Crippen LogP contribution in [0.4, 0.5) is 0 Å². The molecular weight excluding hydrogens is 350 g/mol. The lowest BCUT2D eigenvalue weighted by Crippen LogP contribution is -2.35. The standard InChI is InChI=1S/C21H25N7/c1-14(2)27-10-15-7-21(4-5-22,8-16(15)11-27)28-12-17(9-26-28)19-18-3-6-23-20(18)25-13-24-19/h3,6,9,12-16H,4,7-8,10-11H2,1-2H3,(H,23,24,25)/t15-,16+,21-. The largest absolute Gasteiger partial charge is 0.346 e. The van der Waals surface area contributed by atoms with Crippen molar-refractivity contribution < 1.29 is 0 Å². The van der Waals surface area contributed by atoms with Gasteiger partial charge in [-0.15, -0.1) is 0 Å². The number of nitrogens with zero attached hydrogens (tertiary/aromatic N) is 6. The van der Waals surface area contributed by atoms with E-state index in [1.165, 1.54) is 0 Å². The van der Waals surface area contributed by atoms with Gasteiger partial charge in [-0.2, -0.15) is 10.4 Å². The summed E-state index contributed by atoms with van der Waals surface area (Å²) in [4.78, 5) is 14.5. The van der Waals surface area contributed by atoms with Crippen LogP contribution in [0.2, 0.25) is 0 Å². The number of aromatic nitrogens is 5. The van der Waals surface area contributed by atoms with Gasteiger partial charge in [0.15, 0.2) is 0 Å². The van der Waals surface area contributed by atoms with E-state index in [4.69, 9.17) is 5.10 Å². The topological polar surface area (TPSA) is 86.4 Å². The summed E-state index contributed by atoms with van der Waals surface area (Å²) in [6, 6.07) is 5.03. The van der Waals surface area contributed by atoms with Gasteiger partial charge in [0.05, 0.1) is 29.9 Å². The van der Waals surface area contributed by atoms with Crippen LogP contribution in [0.15, 0.2) is 31.0 Å². The van der Waals surface area contributed by atoms with Crippen LogP contribution in [0, 0.1) is 23.2 Å². The van der Waals surface area contributed by atoms with E-state index in [0.717, 1.165) is 48.2 Å². The van der Waals surface area contributed by atoms with Crippen molar-refractivity contribution in [1.29, 1.82) is 5.26 Å². The monoisotopic (exact) mass is 375 g/mol. The van der Waals surface area contributed by atoms with Gasteiger partial charge >= 0.3 is 0 Å². The Hall–Kier alpha value is -2.72. The van der Waals surface area contributed by atoms with Crippen LogP contribution in [0.5, 0.6) is 0 Å². The summed E-state index contributed by atoms with van der Waals surface area (Å²) in [6.45, 7) is 6.82. The lowest BCUT2D eigenvalue weighted by atomic mass is 9.92. The van der Waals surface area contributed by atoms with E-state index in [1.807, 2.05) is 18.5 Å². The van der Waals surface area contributed by atoms with Gasteiger partial charge in [-0.3, -0.25) is 4.68 Å². The molecule has 3 aromatic heterocycles. The Morgan fingerprint density at radius 2 is 2.07 bits per heavy atom. The highest BCUT2D eigenvalue weighted by Gasteiger charge is 2.50. The predicted molar refractivity (Wildman–Crippen MR) is 106 cm³/mol. The molecule has 28 heavy (non-hydrogen) atoms. The van der Waals surface area contributed by atoms with Crippen molar-refractivity contribution in [2.45, 2.75) is 44.7 Å². The molecule has 1 N–H and O–H groups in total. The molecule has 3 aromatic rings. The van der Waals surface area contributed by atoms with E-state index in [1.54, 1.807) is 6.33 Å². The number of likely N-dealkylation sites (tertiary alicyclic amines) is 1. The van der Waals surface area contributed by atoms with Crippen molar-refractivity contribution in [1.82, 2.24) is 29.6 Å². The van der Waals surface area contributed by atoms with Crippen molar-refractivity contribution in [3.8, 4) is 17.3 Å². The fraction of sp³-hybridized carbons (Fsp3) is 0.524. The molecule has 0 aromatic carbocycles. The number of hydrogen-bond donors (Lipinski definition) is 1. The van der Waals surface area contributed by atoms with E-state index in [0.29, 0.717) is 24.3 Å². The Bertz CT molecular complexity index is 1030. The van der Waals surface area contributed by atoms with Gasteiger partial charge in [0, 0.05) is 42.5 Å². The third-order valence-corrected chi connectivity index (χ3v) is 6.72. The molecule has 1 aliphatic heterocycles. The normalized spacial score (nSPS) is 27.5. The Balaban J connectivity index is 1.47. The molecule has 3 atom stereocenters. The zero-order valence-electron chi connectivity index (χ0n) is 16.3. The van der Waals surface area contributed by atoms with Crippen LogP contribution in [0.1, 0.15) is 33.1 Å². The Morgan fingerprint density at radius 1 is 1.29 bits per heavy atom. The van der Waals surface area contributed by atoms with Crippen LogP contribution in [0.3, 0.4) is 0 Å². The fourth-order valence-corrected chi connectivity index (χ4v) is 5.29. The van der Waals surface area contributed by atoms with Crippen molar-refractivity contribution in [3.05, 3.63) is 31.0 Å². The van der Waals surface area contributed by atoms with Gasteiger partial charge < -0.3 is 9.88 Å². The van der Waals surface area contributed by atoms with Gasteiger partial charge in [-0.25, -0.2) is 9.97 Å². The SMILES string of the molecule is CC(C)N1C[C@@H]2C[C@](CC#N)(n3cc(-c4ncnc5[nH]ccc45)cn3)C[C@@H]2C1. The van der Waals surface area contributed by atoms with Crippen molar-refractivity contribution in [2.75, 3.05) is 13.1 Å². The molecule has 5 rings (SSSR count). The maximum atomic E-state index is 9.57. The molecule has 1 aliphatic carbocycles. The summed E-state index contributed by atoms with van der Waals surface area (Å²) in [7, 11) is 0. The first-order valence-corrected chi connectivity index (χ1v) is 10.0. The predicted octanol–water partition coefficient (Wildman–Crippen LogP) is 3.18. The molecule has 7 nitrogen and oxygen atoms in total. The zero-order chi connectivity index (χ0) is 19.3. The first kappa shape index (κ1) is 17.4. The highest BCUT2D eigenvalue weighted by atomic mass is 15.3. The number of nitrogens with one attached hydrogen (secondary N) is 1. The molecule has 1 saturated carbocycles. The van der Waals surface area contributed by atoms with Crippen LogP contribution < -0.4 is 0 Å². The molecule has 4 heterocycles. The van der Waals surface area contributed by atoms with Crippen molar-refractivity contribution in [3.63, 3.8) is 0 Å². The summed E-state index contributed by atoms with van der Waals surface area (Å²) in [6.07, 6.45) is 9.97. The number of fused-ring (bicyclic) bond motifs is 2. The molecule has 7 heteroatoms. The fourth-order valence-electron chi connectivity index (χ4n) is 5.29. The summed E-state index contributed by atoms with van der Waals surface area (Å²) in [5.41, 5.74) is 2.49. The summed E-state index contributed by atoms with van der Waals surface area (Å²) in [5, 5.41) is 15.3. The molecule has 0 radical (unpaired) electrons. The summed E-state index contributed by atoms with van der Waals surface area (Å²) < 4.78 is 2.06. The van der Waals surface area contributed by atoms with Crippen molar-refractivity contribution >= 4 is 11.0 Å². The smallest absolute Gasteiger partial charge is 0.141 e. The third-order valence-electron chi connectivity index (χ3n) is 6.72. The average Bonchev–Trinajstić information content (AvgIpc) is 3.43. The van der Waals surface area contributed by atoms with Gasteiger partial charge in [0.2, 0.25) is 0 Å². The molecule has 0 spiro atoms. The summed E-state index contributed by atoms with van der Waals surface area (Å²) >= 11 is 0. The number of hydrogen-bond acceptors (Lipinski definition) is 5. The second-order valence-electron chi connectivity index (χ2n) is 8.67. The summed E-state index contributed by atoms with van der Waals surface area (Å²) in [5.74, 6) is 1.30. The first-order chi connectivity index (χ1) is 13.6. The van der Waals surface area contributed by atoms with E-state index in [-0.39, 0.29) is 5.54 Å². The third kappa shape index (κ3) is 2.63. The van der Waals surface area contributed by atoms with Gasteiger partial charge in [-0.05, 0) is 44.6 Å². The molecular formula is C21H25N7. The molecule has 0 bridgehead atoms. The minimum Gasteiger partial charge on any atom is -0.346 e. The number of rotatable bonds is 4. The first-order valence-electron chi connectivity index (χ1n) is 10.0. The van der Waals surface area contributed by atoms with E-state index in [2.05, 4.69) is 50.6 Å². The highest BCUT2D eigenvalue weighted by molar-refractivity contribution is 5.89. The average molecular weight is 375 g/mol. The van der Waals surface area contributed by atoms with Crippen LogP contribution in [-0.2, 0) is 5.54 Å². The van der Waals surface area contributed by atoms with E-state index < -0.39 is 0 Å². The van der Waals surface area contributed by atoms with Crippen LogP contribution in [-0.4, -0.2) is 48.8 Å². The number of nitriles is 1. The van der Waals surface area contributed by atoms with E-state index >= 15 is 0 Å². The molecule has 1 saturated heterocycles. The minimum atomic E-state index is -0.199. The van der Waals surface area contributed by atoms with Gasteiger partial charge in [0.1, 0.15) is 12.0 Å². The second kappa shape index (κ2) is 6.42. The Labute approximate surface area is 164 Å². The van der Waals surface area contributed by atoms with Crippen LogP contribution in [0.25, 0.3) is 22.3 Å². The zero-order valence-corrected chi connectivity index (χ0v) is 16.3. The molecule has 2 aliphatic rings. The maximum absolute atomic E-state index is 9.57. The molecule has 144 valence electrons. The molecule has 0 unspecified atom stereocenters. The second-order valence-corrected chi connectivity index (χ2v) is 8.67. The highest BCUT2D eigenvalue weighted by Crippen LogP contribution is 2.50. The minimum absolute atomic E-state index is 0.199. The van der Waals surface area contributed by atoms with Crippen LogP contribution >= 0.6 is 0 Å². The Kier molecular flexibility index (Phi) is 3.98. The Morgan fingerprint density at radius 3 is 2.79 bits per heavy atom.